The zero-order valence-electron chi connectivity index (χ0n) is 8.98. The van der Waals surface area contributed by atoms with Gasteiger partial charge in [-0.1, -0.05) is 0 Å². The molecule has 0 aliphatic heterocycles. The summed E-state index contributed by atoms with van der Waals surface area (Å²) in [5.41, 5.74) is 0. The summed E-state index contributed by atoms with van der Waals surface area (Å²) in [6, 6.07) is 12.9. The van der Waals surface area contributed by atoms with Crippen LogP contribution in [0.1, 0.15) is 0 Å². The molecule has 3 aromatic rings. The Bertz CT molecular complexity index is 649. The van der Waals surface area contributed by atoms with Crippen molar-refractivity contribution in [3.63, 3.8) is 0 Å². The van der Waals surface area contributed by atoms with E-state index in [2.05, 4.69) is 100 Å². The smallest absolute Gasteiger partial charge is 0.0323 e. The fourth-order valence-electron chi connectivity index (χ4n) is 1.99. The summed E-state index contributed by atoms with van der Waals surface area (Å²) in [5, 5.41) is 4.91. The number of hydrogen-bond donors (Lipinski definition) is 0. The highest BCUT2D eigenvalue weighted by atomic mass is 79.9. The lowest BCUT2D eigenvalue weighted by Crippen LogP contribution is -1.80. The zero-order chi connectivity index (χ0) is 12.9. The lowest BCUT2D eigenvalue weighted by atomic mass is 10.0. The van der Waals surface area contributed by atoms with Crippen molar-refractivity contribution in [1.29, 1.82) is 0 Å². The van der Waals surface area contributed by atoms with Crippen LogP contribution in [0.25, 0.3) is 21.5 Å². The molecule has 0 unspecified atom stereocenters. The Labute approximate surface area is 138 Å². The molecule has 0 aromatic heterocycles. The first-order valence-corrected chi connectivity index (χ1v) is 8.39. The van der Waals surface area contributed by atoms with Gasteiger partial charge < -0.3 is 0 Å². The van der Waals surface area contributed by atoms with Gasteiger partial charge in [0.15, 0.2) is 0 Å². The molecule has 0 aliphatic rings. The zero-order valence-corrected chi connectivity index (χ0v) is 15.3. The van der Waals surface area contributed by atoms with Crippen LogP contribution in [0.2, 0.25) is 0 Å². The Morgan fingerprint density at radius 2 is 0.611 bits per heavy atom. The van der Waals surface area contributed by atoms with Crippen LogP contribution in [0.3, 0.4) is 0 Å². The highest BCUT2D eigenvalue weighted by Crippen LogP contribution is 2.34. The Hall–Kier alpha value is 0.1000. The molecule has 0 N–H and O–H groups in total. The van der Waals surface area contributed by atoms with Crippen molar-refractivity contribution in [2.75, 3.05) is 0 Å². The number of rotatable bonds is 0. The minimum atomic E-state index is 1.07. The van der Waals surface area contributed by atoms with E-state index in [1.54, 1.807) is 0 Å². The first-order valence-electron chi connectivity index (χ1n) is 5.22. The molecular formula is C14H6Br4. The highest BCUT2D eigenvalue weighted by Gasteiger charge is 2.05. The van der Waals surface area contributed by atoms with Gasteiger partial charge in [0, 0.05) is 17.9 Å². The summed E-state index contributed by atoms with van der Waals surface area (Å²) in [7, 11) is 0. The molecule has 3 aromatic carbocycles. The van der Waals surface area contributed by atoms with Gasteiger partial charge in [-0.3, -0.25) is 0 Å². The second-order valence-corrected chi connectivity index (χ2v) is 7.50. The van der Waals surface area contributed by atoms with Crippen LogP contribution in [0.5, 0.6) is 0 Å². The van der Waals surface area contributed by atoms with Crippen molar-refractivity contribution in [2.24, 2.45) is 0 Å². The molecule has 0 amide bonds. The summed E-state index contributed by atoms with van der Waals surface area (Å²) in [6.07, 6.45) is 0. The fraction of sp³-hybridized carbons (Fsp3) is 0. The van der Waals surface area contributed by atoms with E-state index in [0.29, 0.717) is 0 Å². The van der Waals surface area contributed by atoms with Gasteiger partial charge in [-0.2, -0.15) is 0 Å². The molecule has 0 nitrogen and oxygen atoms in total. The predicted octanol–water partition coefficient (Wildman–Crippen LogP) is 7.04. The molecule has 4 heteroatoms. The third kappa shape index (κ3) is 2.28. The van der Waals surface area contributed by atoms with E-state index in [9.17, 15) is 0 Å². The van der Waals surface area contributed by atoms with E-state index in [4.69, 9.17) is 0 Å². The summed E-state index contributed by atoms with van der Waals surface area (Å²) in [5.74, 6) is 0. The quantitative estimate of drug-likeness (QED) is 0.295. The molecule has 0 saturated carbocycles. The molecule has 0 spiro atoms. The molecule has 0 bridgehead atoms. The van der Waals surface area contributed by atoms with E-state index in [-0.39, 0.29) is 0 Å². The van der Waals surface area contributed by atoms with Gasteiger partial charge in [-0.15, -0.1) is 0 Å². The lowest BCUT2D eigenvalue weighted by molar-refractivity contribution is 1.63. The maximum atomic E-state index is 3.54. The summed E-state index contributed by atoms with van der Waals surface area (Å²) in [6.45, 7) is 0. The maximum Gasteiger partial charge on any atom is 0.0323 e. The molecule has 0 radical (unpaired) electrons. The molecule has 0 aliphatic carbocycles. The van der Waals surface area contributed by atoms with E-state index in [1.165, 1.54) is 21.5 Å². The average molecular weight is 494 g/mol. The maximum absolute atomic E-state index is 3.54. The average Bonchev–Trinajstić information content (AvgIpc) is 2.31. The van der Waals surface area contributed by atoms with Crippen molar-refractivity contribution in [3.05, 3.63) is 54.3 Å². The first kappa shape index (κ1) is 13.1. The normalized spacial score (nSPS) is 11.3. The van der Waals surface area contributed by atoms with E-state index >= 15 is 0 Å². The number of hydrogen-bond acceptors (Lipinski definition) is 0. The second-order valence-electron chi connectivity index (χ2n) is 4.08. The van der Waals surface area contributed by atoms with Crippen LogP contribution >= 0.6 is 63.7 Å². The number of fused-ring (bicyclic) bond motifs is 2. The van der Waals surface area contributed by atoms with Crippen LogP contribution in [0.15, 0.2) is 54.3 Å². The SMILES string of the molecule is Brc1cc2cc3cc(Br)c(Br)cc3cc2cc1Br. The van der Waals surface area contributed by atoms with Gasteiger partial charge in [-0.25, -0.2) is 0 Å². The van der Waals surface area contributed by atoms with Crippen LogP contribution in [0, 0.1) is 0 Å². The van der Waals surface area contributed by atoms with E-state index in [0.717, 1.165) is 17.9 Å². The first-order chi connectivity index (χ1) is 8.54. The highest BCUT2D eigenvalue weighted by molar-refractivity contribution is 9.13. The number of benzene rings is 3. The molecule has 0 fully saturated rings. The van der Waals surface area contributed by atoms with E-state index < -0.39 is 0 Å². The van der Waals surface area contributed by atoms with Crippen molar-refractivity contribution >= 4 is 85.3 Å². The van der Waals surface area contributed by atoms with Crippen molar-refractivity contribution < 1.29 is 0 Å². The topological polar surface area (TPSA) is 0 Å². The Kier molecular flexibility index (Phi) is 3.56. The largest absolute Gasteiger partial charge is 0.0496 e. The summed E-state index contributed by atoms with van der Waals surface area (Å²) in [4.78, 5) is 0. The molecule has 3 rings (SSSR count). The van der Waals surface area contributed by atoms with Gasteiger partial charge in [0.25, 0.3) is 0 Å². The van der Waals surface area contributed by atoms with Crippen molar-refractivity contribution in [2.45, 2.75) is 0 Å². The van der Waals surface area contributed by atoms with Gasteiger partial charge >= 0.3 is 0 Å². The van der Waals surface area contributed by atoms with Crippen molar-refractivity contribution in [3.8, 4) is 0 Å². The Balaban J connectivity index is 2.43. The number of halogens is 4. The minimum absolute atomic E-state index is 1.07. The minimum Gasteiger partial charge on any atom is -0.0496 e. The molecule has 18 heavy (non-hydrogen) atoms. The van der Waals surface area contributed by atoms with Gasteiger partial charge in [0.05, 0.1) is 0 Å². The van der Waals surface area contributed by atoms with Crippen LogP contribution in [-0.2, 0) is 0 Å². The second kappa shape index (κ2) is 4.89. The van der Waals surface area contributed by atoms with Gasteiger partial charge in [0.2, 0.25) is 0 Å². The molecule has 0 saturated heterocycles. The van der Waals surface area contributed by atoms with Gasteiger partial charge in [-0.05, 0) is 122 Å². The van der Waals surface area contributed by atoms with E-state index in [1.807, 2.05) is 0 Å². The Morgan fingerprint density at radius 1 is 0.389 bits per heavy atom. The van der Waals surface area contributed by atoms with Crippen LogP contribution in [0.4, 0.5) is 0 Å². The molecular weight excluding hydrogens is 488 g/mol. The third-order valence-electron chi connectivity index (χ3n) is 2.87. The summed E-state index contributed by atoms with van der Waals surface area (Å²) >= 11 is 14.2. The lowest BCUT2D eigenvalue weighted by Gasteiger charge is -2.06. The third-order valence-corrected chi connectivity index (χ3v) is 6.56. The molecule has 0 heterocycles. The predicted molar refractivity (Wildman–Crippen MR) is 92.3 cm³/mol. The monoisotopic (exact) mass is 490 g/mol. The van der Waals surface area contributed by atoms with Crippen molar-refractivity contribution in [1.82, 2.24) is 0 Å². The van der Waals surface area contributed by atoms with Gasteiger partial charge in [0.1, 0.15) is 0 Å². The molecule has 90 valence electrons. The van der Waals surface area contributed by atoms with Crippen LogP contribution in [-0.4, -0.2) is 0 Å². The standard InChI is InChI=1S/C14H6Br4/c15-11-3-7-1-8-4-12(16)14(18)6-10(8)2-9(7)5-13(11)17/h1-6H. The Morgan fingerprint density at radius 3 is 0.833 bits per heavy atom. The molecule has 0 atom stereocenters. The summed E-state index contributed by atoms with van der Waals surface area (Å²) < 4.78 is 4.30. The fourth-order valence-corrected chi connectivity index (χ4v) is 3.43. The van der Waals surface area contributed by atoms with Crippen LogP contribution < -0.4 is 0 Å².